The van der Waals surface area contributed by atoms with Crippen LogP contribution in [0.4, 0.5) is 9.18 Å². The molecule has 0 bridgehead atoms. The molecule has 1 fully saturated rings. The molecule has 0 radical (unpaired) electrons. The normalized spacial score (nSPS) is 19.4. The van der Waals surface area contributed by atoms with Crippen LogP contribution in [0.25, 0.3) is 0 Å². The summed E-state index contributed by atoms with van der Waals surface area (Å²) in [4.78, 5) is 44.8. The number of rotatable bonds is 6. The second kappa shape index (κ2) is 11.0. The van der Waals surface area contributed by atoms with Gasteiger partial charge in [-0.05, 0) is 30.9 Å². The van der Waals surface area contributed by atoms with Gasteiger partial charge in [0.15, 0.2) is 0 Å². The van der Waals surface area contributed by atoms with Crippen LogP contribution in [-0.4, -0.2) is 79.0 Å². The van der Waals surface area contributed by atoms with E-state index < -0.39 is 23.9 Å². The van der Waals surface area contributed by atoms with Crippen molar-refractivity contribution < 1.29 is 23.5 Å². The first kappa shape index (κ1) is 24.9. The predicted octanol–water partition coefficient (Wildman–Crippen LogP) is 3.25. The van der Waals surface area contributed by atoms with Gasteiger partial charge in [-0.3, -0.25) is 14.6 Å². The number of carbonyl (C=O) groups excluding carboxylic acids is 3. The molecule has 3 amide bonds. The molecule has 3 heterocycles. The fourth-order valence-corrected chi connectivity index (χ4v) is 5.13. The first-order valence-electron chi connectivity index (χ1n) is 11.6. The Balaban J connectivity index is 1.62. The number of nitrogens with one attached hydrogen (secondary N) is 1. The summed E-state index contributed by atoms with van der Waals surface area (Å²) in [6, 6.07) is 8.39. The molecule has 1 aromatic heterocycles. The topological polar surface area (TPSA) is 82.2 Å². The van der Waals surface area contributed by atoms with E-state index in [2.05, 4.69) is 10.2 Å². The maximum Gasteiger partial charge on any atom is 0.338 e. The first-order chi connectivity index (χ1) is 16.9. The second-order valence-electron chi connectivity index (χ2n) is 8.44. The third-order valence-electron chi connectivity index (χ3n) is 6.27. The Morgan fingerprint density at radius 2 is 1.94 bits per heavy atom. The van der Waals surface area contributed by atoms with E-state index in [4.69, 9.17) is 4.74 Å². The molecule has 186 valence electrons. The van der Waals surface area contributed by atoms with E-state index in [0.717, 1.165) is 6.42 Å². The first-order valence-corrected chi connectivity index (χ1v) is 12.5. The molecule has 35 heavy (non-hydrogen) atoms. The molecule has 8 nitrogen and oxygen atoms in total. The van der Waals surface area contributed by atoms with Crippen molar-refractivity contribution in [1.82, 2.24) is 20.0 Å². The number of halogens is 1. The molecule has 1 saturated heterocycles. The number of carbonyl (C=O) groups is 3. The third-order valence-corrected chi connectivity index (χ3v) is 7.13. The van der Waals surface area contributed by atoms with Gasteiger partial charge in [-0.1, -0.05) is 24.3 Å². The highest BCUT2D eigenvalue weighted by Gasteiger charge is 2.38. The number of hydrogen-bond donors (Lipinski definition) is 1. The number of hydrogen-bond acceptors (Lipinski definition) is 6. The number of benzene rings is 1. The molecule has 1 atom stereocenters. The number of nitrogens with zero attached hydrogens (tertiary/aromatic N) is 3. The summed E-state index contributed by atoms with van der Waals surface area (Å²) in [6.45, 7) is 4.58. The average Bonchev–Trinajstić information content (AvgIpc) is 3.28. The van der Waals surface area contributed by atoms with E-state index in [1.165, 1.54) is 22.3 Å². The molecule has 1 aromatic carbocycles. The van der Waals surface area contributed by atoms with E-state index in [9.17, 15) is 18.8 Å². The number of esters is 1. The van der Waals surface area contributed by atoms with Crippen molar-refractivity contribution in [3.63, 3.8) is 0 Å². The van der Waals surface area contributed by atoms with Crippen LogP contribution >= 0.6 is 11.3 Å². The van der Waals surface area contributed by atoms with Crippen LogP contribution in [0.5, 0.6) is 0 Å². The molecule has 0 saturated carbocycles. The zero-order chi connectivity index (χ0) is 24.9. The molecule has 1 N–H and O–H groups in total. The molecule has 10 heteroatoms. The minimum Gasteiger partial charge on any atom is -0.463 e. The molecule has 0 spiro atoms. The average molecular weight is 501 g/mol. The van der Waals surface area contributed by atoms with Crippen LogP contribution in [0.15, 0.2) is 53.0 Å². The lowest BCUT2D eigenvalue weighted by Crippen LogP contribution is -2.49. The lowest BCUT2D eigenvalue weighted by atomic mass is 9.94. The van der Waals surface area contributed by atoms with Crippen LogP contribution in [-0.2, 0) is 9.53 Å². The number of thiophene rings is 1. The van der Waals surface area contributed by atoms with Gasteiger partial charge in [0, 0.05) is 51.0 Å². The largest absolute Gasteiger partial charge is 0.463 e. The third kappa shape index (κ3) is 5.38. The highest BCUT2D eigenvalue weighted by molar-refractivity contribution is 7.12. The fourth-order valence-electron chi connectivity index (χ4n) is 4.44. The van der Waals surface area contributed by atoms with Crippen LogP contribution in [0, 0.1) is 5.82 Å². The van der Waals surface area contributed by atoms with Crippen LogP contribution in [0.1, 0.15) is 34.6 Å². The summed E-state index contributed by atoms with van der Waals surface area (Å²) in [6.07, 6.45) is 0.756. The van der Waals surface area contributed by atoms with Gasteiger partial charge < -0.3 is 15.0 Å². The van der Waals surface area contributed by atoms with Gasteiger partial charge in [-0.25, -0.2) is 14.0 Å². The smallest absolute Gasteiger partial charge is 0.338 e. The summed E-state index contributed by atoms with van der Waals surface area (Å²) in [5, 5.41) is 4.63. The maximum absolute atomic E-state index is 14.7. The van der Waals surface area contributed by atoms with Crippen molar-refractivity contribution >= 4 is 29.2 Å². The van der Waals surface area contributed by atoms with Gasteiger partial charge in [0.1, 0.15) is 5.82 Å². The minimum atomic E-state index is -0.960. The SMILES string of the molecule is CCOC(=O)C1=C(CN2CCCN(C(=O)c3cccs3)CC2)N(C)C(=O)NC1c1ccccc1F. The fraction of sp³-hybridized carbons (Fsp3) is 0.400. The monoisotopic (exact) mass is 500 g/mol. The van der Waals surface area contributed by atoms with Crippen LogP contribution in [0.3, 0.4) is 0 Å². The molecular weight excluding hydrogens is 471 g/mol. The molecule has 2 aliphatic rings. The van der Waals surface area contributed by atoms with Gasteiger partial charge in [0.05, 0.1) is 23.1 Å². The van der Waals surface area contributed by atoms with Gasteiger partial charge in [0.2, 0.25) is 0 Å². The predicted molar refractivity (Wildman–Crippen MR) is 130 cm³/mol. The van der Waals surface area contributed by atoms with E-state index in [-0.39, 0.29) is 23.7 Å². The lowest BCUT2D eigenvalue weighted by molar-refractivity contribution is -0.139. The lowest BCUT2D eigenvalue weighted by Gasteiger charge is -2.36. The number of ether oxygens (including phenoxy) is 1. The van der Waals surface area contributed by atoms with Crippen LogP contribution in [0.2, 0.25) is 0 Å². The molecular formula is C25H29FN4O4S. The van der Waals surface area contributed by atoms with Gasteiger partial charge in [-0.2, -0.15) is 0 Å². The van der Waals surface area contributed by atoms with E-state index >= 15 is 0 Å². The molecule has 2 aliphatic heterocycles. The number of amides is 3. The molecule has 4 rings (SSSR count). The molecule has 0 aliphatic carbocycles. The zero-order valence-corrected chi connectivity index (χ0v) is 20.6. The second-order valence-corrected chi connectivity index (χ2v) is 9.39. The Labute approximate surface area is 207 Å². The number of urea groups is 1. The molecule has 1 unspecified atom stereocenters. The zero-order valence-electron chi connectivity index (χ0n) is 19.8. The Kier molecular flexibility index (Phi) is 7.82. The Hall–Kier alpha value is -3.24. The number of likely N-dealkylation sites (N-methyl/N-ethyl adjacent to an activating group) is 1. The van der Waals surface area contributed by atoms with Gasteiger partial charge in [-0.15, -0.1) is 11.3 Å². The molecule has 2 aromatic rings. The van der Waals surface area contributed by atoms with Crippen molar-refractivity contribution in [3.8, 4) is 0 Å². The minimum absolute atomic E-state index is 0.0158. The highest BCUT2D eigenvalue weighted by Crippen LogP contribution is 2.32. The van der Waals surface area contributed by atoms with E-state index in [1.807, 2.05) is 22.4 Å². The summed E-state index contributed by atoms with van der Waals surface area (Å²) >= 11 is 1.42. The van der Waals surface area contributed by atoms with Crippen molar-refractivity contribution in [2.75, 3.05) is 46.4 Å². The summed E-state index contributed by atoms with van der Waals surface area (Å²) in [7, 11) is 1.59. The Morgan fingerprint density at radius 1 is 1.14 bits per heavy atom. The van der Waals surface area contributed by atoms with Gasteiger partial charge in [0.25, 0.3) is 5.91 Å². The summed E-state index contributed by atoms with van der Waals surface area (Å²) < 4.78 is 20.0. The summed E-state index contributed by atoms with van der Waals surface area (Å²) in [5.41, 5.74) is 0.895. The van der Waals surface area contributed by atoms with E-state index in [1.54, 1.807) is 32.2 Å². The standard InChI is InChI=1S/C25H29FN4O4S/c1-3-34-24(32)21-19(28(2)25(33)27-22(21)17-8-4-5-9-18(17)26)16-29-11-7-12-30(14-13-29)23(31)20-10-6-15-35-20/h4-6,8-10,15,22H,3,7,11-14,16H2,1-2H3,(H,27,33). The van der Waals surface area contributed by atoms with Crippen molar-refractivity contribution in [3.05, 3.63) is 69.3 Å². The quantitative estimate of drug-likeness (QED) is 0.616. The highest BCUT2D eigenvalue weighted by atomic mass is 32.1. The van der Waals surface area contributed by atoms with Crippen molar-refractivity contribution in [2.45, 2.75) is 19.4 Å². The van der Waals surface area contributed by atoms with Crippen molar-refractivity contribution in [1.29, 1.82) is 0 Å². The summed E-state index contributed by atoms with van der Waals surface area (Å²) in [5.74, 6) is -1.09. The van der Waals surface area contributed by atoms with Crippen molar-refractivity contribution in [2.24, 2.45) is 0 Å². The Bertz CT molecular complexity index is 1120. The Morgan fingerprint density at radius 3 is 2.66 bits per heavy atom. The van der Waals surface area contributed by atoms with E-state index in [0.29, 0.717) is 43.3 Å². The maximum atomic E-state index is 14.7. The van der Waals surface area contributed by atoms with Gasteiger partial charge >= 0.3 is 12.0 Å². The van der Waals surface area contributed by atoms with Crippen LogP contribution < -0.4 is 5.32 Å².